The van der Waals surface area contributed by atoms with E-state index in [9.17, 15) is 9.59 Å². The molecule has 4 aromatic rings. The second kappa shape index (κ2) is 6.88. The largest absolute Gasteiger partial charge is 0.321 e. The van der Waals surface area contributed by atoms with Gasteiger partial charge in [-0.3, -0.25) is 14.7 Å². The van der Waals surface area contributed by atoms with Crippen molar-refractivity contribution >= 4 is 28.2 Å². The second-order valence-corrected chi connectivity index (χ2v) is 6.28. The number of hydrogen-bond donors (Lipinski definition) is 2. The molecule has 0 aliphatic heterocycles. The standard InChI is InChI=1S/C22H17N3O2/c1-14(26)15-9-11-17(12-10-15)23-22(27)21-13-20(24-25-21)19-8-4-6-16-5-2-3-7-18(16)19/h2-13H,1H3,(H,23,27)(H,24,25). The fourth-order valence-corrected chi connectivity index (χ4v) is 3.01. The van der Waals surface area contributed by atoms with Gasteiger partial charge in [0.2, 0.25) is 0 Å². The number of ketones is 1. The number of aromatic nitrogens is 2. The van der Waals surface area contributed by atoms with Crippen LogP contribution in [0.4, 0.5) is 5.69 Å². The van der Waals surface area contributed by atoms with Crippen LogP contribution in [0.5, 0.6) is 0 Å². The zero-order valence-corrected chi connectivity index (χ0v) is 14.7. The van der Waals surface area contributed by atoms with E-state index in [1.54, 1.807) is 30.3 Å². The van der Waals surface area contributed by atoms with Gasteiger partial charge in [0.05, 0.1) is 5.69 Å². The highest BCUT2D eigenvalue weighted by Crippen LogP contribution is 2.27. The van der Waals surface area contributed by atoms with Gasteiger partial charge in [-0.05, 0) is 48.0 Å². The summed E-state index contributed by atoms with van der Waals surface area (Å²) in [4.78, 5) is 23.8. The highest BCUT2D eigenvalue weighted by atomic mass is 16.2. The summed E-state index contributed by atoms with van der Waals surface area (Å²) in [6.45, 7) is 1.51. The van der Waals surface area contributed by atoms with Crippen LogP contribution in [0.25, 0.3) is 22.0 Å². The summed E-state index contributed by atoms with van der Waals surface area (Å²) in [6, 6.07) is 22.6. The molecule has 0 aliphatic rings. The van der Waals surface area contributed by atoms with E-state index in [0.717, 1.165) is 16.3 Å². The summed E-state index contributed by atoms with van der Waals surface area (Å²) < 4.78 is 0. The van der Waals surface area contributed by atoms with Gasteiger partial charge in [0.1, 0.15) is 5.69 Å². The molecule has 0 unspecified atom stereocenters. The number of nitrogens with one attached hydrogen (secondary N) is 2. The zero-order valence-electron chi connectivity index (χ0n) is 14.7. The van der Waals surface area contributed by atoms with Crippen LogP contribution in [0.3, 0.4) is 0 Å². The zero-order chi connectivity index (χ0) is 18.8. The smallest absolute Gasteiger partial charge is 0.273 e. The van der Waals surface area contributed by atoms with Crippen LogP contribution in [0.2, 0.25) is 0 Å². The maximum atomic E-state index is 12.5. The first kappa shape index (κ1) is 16.7. The molecule has 0 fully saturated rings. The summed E-state index contributed by atoms with van der Waals surface area (Å²) in [6.07, 6.45) is 0. The number of anilines is 1. The van der Waals surface area contributed by atoms with Crippen LogP contribution in [0, 0.1) is 0 Å². The number of H-pyrrole nitrogens is 1. The molecule has 0 saturated heterocycles. The van der Waals surface area contributed by atoms with Gasteiger partial charge in [0.15, 0.2) is 5.78 Å². The molecule has 2 N–H and O–H groups in total. The van der Waals surface area contributed by atoms with Crippen LogP contribution in [-0.2, 0) is 0 Å². The van der Waals surface area contributed by atoms with Crippen LogP contribution in [0.1, 0.15) is 27.8 Å². The first-order valence-corrected chi connectivity index (χ1v) is 8.58. The Labute approximate surface area is 156 Å². The molecule has 1 amide bonds. The topological polar surface area (TPSA) is 74.8 Å². The van der Waals surface area contributed by atoms with Crippen molar-refractivity contribution < 1.29 is 9.59 Å². The minimum atomic E-state index is -0.287. The van der Waals surface area contributed by atoms with Gasteiger partial charge < -0.3 is 5.32 Å². The molecule has 1 heterocycles. The number of benzene rings is 3. The van der Waals surface area contributed by atoms with Crippen molar-refractivity contribution in [3.8, 4) is 11.3 Å². The number of Topliss-reactive ketones (excluding diaryl/α,β-unsaturated/α-hetero) is 1. The van der Waals surface area contributed by atoms with E-state index in [1.165, 1.54) is 6.92 Å². The number of amides is 1. The fraction of sp³-hybridized carbons (Fsp3) is 0.0455. The monoisotopic (exact) mass is 355 g/mol. The molecule has 132 valence electrons. The Balaban J connectivity index is 1.58. The molecule has 1 aromatic heterocycles. The maximum Gasteiger partial charge on any atom is 0.273 e. The molecular weight excluding hydrogens is 338 g/mol. The Morgan fingerprint density at radius 2 is 1.67 bits per heavy atom. The molecule has 0 atom stereocenters. The fourth-order valence-electron chi connectivity index (χ4n) is 3.01. The maximum absolute atomic E-state index is 12.5. The summed E-state index contributed by atoms with van der Waals surface area (Å²) in [5.41, 5.74) is 3.27. The lowest BCUT2D eigenvalue weighted by molar-refractivity contribution is 0.101. The third kappa shape index (κ3) is 3.35. The first-order valence-electron chi connectivity index (χ1n) is 8.58. The van der Waals surface area contributed by atoms with Crippen molar-refractivity contribution in [1.82, 2.24) is 10.2 Å². The molecule has 5 heteroatoms. The Morgan fingerprint density at radius 3 is 2.44 bits per heavy atom. The third-order valence-corrected chi connectivity index (χ3v) is 4.44. The molecule has 0 aliphatic carbocycles. The number of fused-ring (bicyclic) bond motifs is 1. The normalized spacial score (nSPS) is 10.7. The van der Waals surface area contributed by atoms with E-state index in [-0.39, 0.29) is 11.7 Å². The van der Waals surface area contributed by atoms with Gasteiger partial charge in [-0.2, -0.15) is 5.10 Å². The van der Waals surface area contributed by atoms with Gasteiger partial charge >= 0.3 is 0 Å². The number of aromatic amines is 1. The summed E-state index contributed by atoms with van der Waals surface area (Å²) in [7, 11) is 0. The molecule has 27 heavy (non-hydrogen) atoms. The molecule has 0 radical (unpaired) electrons. The van der Waals surface area contributed by atoms with Gasteiger partial charge in [0, 0.05) is 16.8 Å². The van der Waals surface area contributed by atoms with E-state index in [4.69, 9.17) is 0 Å². The number of carbonyl (C=O) groups excluding carboxylic acids is 2. The average Bonchev–Trinajstić information content (AvgIpc) is 3.18. The Morgan fingerprint density at radius 1 is 0.926 bits per heavy atom. The molecule has 0 saturated carbocycles. The van der Waals surface area contributed by atoms with Crippen LogP contribution < -0.4 is 5.32 Å². The van der Waals surface area contributed by atoms with E-state index in [2.05, 4.69) is 15.5 Å². The predicted octanol–water partition coefficient (Wildman–Crippen LogP) is 4.68. The predicted molar refractivity (Wildman–Crippen MR) is 106 cm³/mol. The minimum Gasteiger partial charge on any atom is -0.321 e. The summed E-state index contributed by atoms with van der Waals surface area (Å²) in [5.74, 6) is -0.300. The van der Waals surface area contributed by atoms with E-state index >= 15 is 0 Å². The van der Waals surface area contributed by atoms with Gasteiger partial charge in [0.25, 0.3) is 5.91 Å². The van der Waals surface area contributed by atoms with Gasteiger partial charge in [-0.25, -0.2) is 0 Å². The summed E-state index contributed by atoms with van der Waals surface area (Å²) >= 11 is 0. The lowest BCUT2D eigenvalue weighted by atomic mass is 10.0. The van der Waals surface area contributed by atoms with Crippen LogP contribution in [-0.4, -0.2) is 21.9 Å². The summed E-state index contributed by atoms with van der Waals surface area (Å²) in [5, 5.41) is 12.1. The molecule has 0 spiro atoms. The van der Waals surface area contributed by atoms with Crippen molar-refractivity contribution in [2.45, 2.75) is 6.92 Å². The number of carbonyl (C=O) groups is 2. The van der Waals surface area contributed by atoms with Gasteiger partial charge in [-0.1, -0.05) is 42.5 Å². The SMILES string of the molecule is CC(=O)c1ccc(NC(=O)c2cc(-c3cccc4ccccc34)n[nH]2)cc1. The average molecular weight is 355 g/mol. The van der Waals surface area contributed by atoms with Crippen molar-refractivity contribution in [3.05, 3.63) is 84.1 Å². The Hall–Kier alpha value is -3.73. The van der Waals surface area contributed by atoms with Crippen molar-refractivity contribution in [2.24, 2.45) is 0 Å². The van der Waals surface area contributed by atoms with E-state index < -0.39 is 0 Å². The number of hydrogen-bond acceptors (Lipinski definition) is 3. The highest BCUT2D eigenvalue weighted by Gasteiger charge is 2.13. The molecule has 3 aromatic carbocycles. The Bertz CT molecular complexity index is 1140. The van der Waals surface area contributed by atoms with Crippen molar-refractivity contribution in [2.75, 3.05) is 5.32 Å². The van der Waals surface area contributed by atoms with Crippen LogP contribution >= 0.6 is 0 Å². The Kier molecular flexibility index (Phi) is 4.26. The minimum absolute atomic E-state index is 0.0128. The van der Waals surface area contributed by atoms with E-state index in [1.807, 2.05) is 42.5 Å². The van der Waals surface area contributed by atoms with Gasteiger partial charge in [-0.15, -0.1) is 0 Å². The second-order valence-electron chi connectivity index (χ2n) is 6.28. The first-order chi connectivity index (χ1) is 13.1. The molecular formula is C22H17N3O2. The van der Waals surface area contributed by atoms with E-state index in [0.29, 0.717) is 22.6 Å². The lowest BCUT2D eigenvalue weighted by Gasteiger charge is -2.04. The van der Waals surface area contributed by atoms with Crippen LogP contribution in [0.15, 0.2) is 72.8 Å². The quantitative estimate of drug-likeness (QED) is 0.522. The molecule has 4 rings (SSSR count). The number of rotatable bonds is 4. The molecule has 0 bridgehead atoms. The third-order valence-electron chi connectivity index (χ3n) is 4.44. The highest BCUT2D eigenvalue weighted by molar-refractivity contribution is 6.04. The van der Waals surface area contributed by atoms with Crippen molar-refractivity contribution in [1.29, 1.82) is 0 Å². The lowest BCUT2D eigenvalue weighted by Crippen LogP contribution is -2.12. The van der Waals surface area contributed by atoms with Crippen molar-refractivity contribution in [3.63, 3.8) is 0 Å². The molecule has 5 nitrogen and oxygen atoms in total. The number of nitrogens with zero attached hydrogens (tertiary/aromatic N) is 1.